The van der Waals surface area contributed by atoms with Crippen molar-refractivity contribution in [3.63, 3.8) is 0 Å². The van der Waals surface area contributed by atoms with Gasteiger partial charge in [-0.25, -0.2) is 4.79 Å². The number of aliphatic carboxylic acids is 1. The normalized spacial score (nSPS) is 30.7. The van der Waals surface area contributed by atoms with Crippen molar-refractivity contribution in [2.24, 2.45) is 5.41 Å². The number of fused-ring (bicyclic) bond motifs is 1. The van der Waals surface area contributed by atoms with Crippen molar-refractivity contribution in [3.8, 4) is 0 Å². The molecule has 0 bridgehead atoms. The molecule has 2 fully saturated rings. The lowest BCUT2D eigenvalue weighted by atomic mass is 9.70. The molecular formula is C13H19NO4. The van der Waals surface area contributed by atoms with Gasteiger partial charge in [0.25, 0.3) is 0 Å². The SMILES string of the molecule is C=CCOC(=O)N1CC[C@]2(C(=O)O)CCCC[C@H]12. The van der Waals surface area contributed by atoms with E-state index in [1.54, 1.807) is 4.90 Å². The fourth-order valence-corrected chi connectivity index (χ4v) is 3.23. The molecule has 1 amide bonds. The second-order valence-corrected chi connectivity index (χ2v) is 5.03. The average Bonchev–Trinajstić information content (AvgIpc) is 2.77. The van der Waals surface area contributed by atoms with E-state index < -0.39 is 17.5 Å². The minimum absolute atomic E-state index is 0.169. The second-order valence-electron chi connectivity index (χ2n) is 5.03. The molecule has 2 rings (SSSR count). The molecule has 1 heterocycles. The zero-order valence-corrected chi connectivity index (χ0v) is 10.4. The van der Waals surface area contributed by atoms with Crippen LogP contribution < -0.4 is 0 Å². The lowest BCUT2D eigenvalue weighted by Gasteiger charge is -2.38. The Morgan fingerprint density at radius 3 is 2.89 bits per heavy atom. The summed E-state index contributed by atoms with van der Waals surface area (Å²) in [6.45, 7) is 4.14. The van der Waals surface area contributed by atoms with Crippen molar-refractivity contribution in [2.75, 3.05) is 13.2 Å². The Morgan fingerprint density at radius 2 is 2.22 bits per heavy atom. The Kier molecular flexibility index (Phi) is 3.59. The molecule has 0 radical (unpaired) electrons. The van der Waals surface area contributed by atoms with Gasteiger partial charge >= 0.3 is 12.1 Å². The van der Waals surface area contributed by atoms with Crippen molar-refractivity contribution >= 4 is 12.1 Å². The summed E-state index contributed by atoms with van der Waals surface area (Å²) in [4.78, 5) is 25.0. The maximum Gasteiger partial charge on any atom is 0.410 e. The van der Waals surface area contributed by atoms with Crippen molar-refractivity contribution < 1.29 is 19.4 Å². The summed E-state index contributed by atoms with van der Waals surface area (Å²) in [6, 6.07) is -0.207. The molecule has 1 saturated carbocycles. The van der Waals surface area contributed by atoms with E-state index in [0.717, 1.165) is 19.3 Å². The fourth-order valence-electron chi connectivity index (χ4n) is 3.23. The van der Waals surface area contributed by atoms with E-state index >= 15 is 0 Å². The molecule has 1 saturated heterocycles. The summed E-state index contributed by atoms with van der Waals surface area (Å²) >= 11 is 0. The third-order valence-corrected chi connectivity index (χ3v) is 4.15. The first-order valence-electron chi connectivity index (χ1n) is 6.39. The van der Waals surface area contributed by atoms with Crippen LogP contribution >= 0.6 is 0 Å². The third-order valence-electron chi connectivity index (χ3n) is 4.15. The first-order valence-corrected chi connectivity index (χ1v) is 6.39. The van der Waals surface area contributed by atoms with E-state index in [-0.39, 0.29) is 12.6 Å². The van der Waals surface area contributed by atoms with Crippen LogP contribution in [0.2, 0.25) is 0 Å². The van der Waals surface area contributed by atoms with Gasteiger partial charge in [-0.1, -0.05) is 25.5 Å². The van der Waals surface area contributed by atoms with Crippen LogP contribution in [0.3, 0.4) is 0 Å². The standard InChI is InChI=1S/C13H19NO4/c1-2-9-18-12(17)14-8-7-13(11(15)16)6-4-3-5-10(13)14/h2,10H,1,3-9H2,(H,15,16)/t10-,13+/m0/s1. The van der Waals surface area contributed by atoms with Gasteiger partial charge in [0.2, 0.25) is 0 Å². The van der Waals surface area contributed by atoms with Gasteiger partial charge < -0.3 is 14.7 Å². The van der Waals surface area contributed by atoms with Crippen LogP contribution in [0, 0.1) is 5.41 Å². The summed E-state index contributed by atoms with van der Waals surface area (Å²) in [5.41, 5.74) is -0.745. The smallest absolute Gasteiger partial charge is 0.410 e. The summed E-state index contributed by atoms with van der Waals surface area (Å²) in [6.07, 6.45) is 4.97. The van der Waals surface area contributed by atoms with Gasteiger partial charge in [-0.05, 0) is 19.3 Å². The third kappa shape index (κ3) is 1.98. The first-order chi connectivity index (χ1) is 8.62. The quantitative estimate of drug-likeness (QED) is 0.781. The van der Waals surface area contributed by atoms with E-state index in [0.29, 0.717) is 19.4 Å². The van der Waals surface area contributed by atoms with Crippen molar-refractivity contribution in [1.29, 1.82) is 0 Å². The topological polar surface area (TPSA) is 66.8 Å². The highest BCUT2D eigenvalue weighted by Crippen LogP contribution is 2.47. The molecule has 18 heavy (non-hydrogen) atoms. The van der Waals surface area contributed by atoms with Gasteiger partial charge in [0.15, 0.2) is 0 Å². The number of amides is 1. The van der Waals surface area contributed by atoms with Gasteiger partial charge in [-0.3, -0.25) is 4.79 Å². The highest BCUT2D eigenvalue weighted by Gasteiger charge is 2.55. The van der Waals surface area contributed by atoms with E-state index in [2.05, 4.69) is 6.58 Å². The molecule has 0 aromatic heterocycles. The molecule has 1 aliphatic carbocycles. The predicted octanol–water partition coefficient (Wildman–Crippen LogP) is 2.03. The van der Waals surface area contributed by atoms with Crippen LogP contribution in [0.5, 0.6) is 0 Å². The summed E-state index contributed by atoms with van der Waals surface area (Å²) in [5.74, 6) is -0.772. The highest BCUT2D eigenvalue weighted by atomic mass is 16.6. The Bertz CT molecular complexity index is 368. The Balaban J connectivity index is 2.14. The molecule has 1 aliphatic heterocycles. The van der Waals surface area contributed by atoms with Crippen LogP contribution in [0.1, 0.15) is 32.1 Å². The highest BCUT2D eigenvalue weighted by molar-refractivity contribution is 5.79. The number of rotatable bonds is 3. The van der Waals surface area contributed by atoms with Crippen LogP contribution in [-0.2, 0) is 9.53 Å². The second kappa shape index (κ2) is 5.00. The van der Waals surface area contributed by atoms with Crippen LogP contribution in [-0.4, -0.2) is 41.3 Å². The molecule has 1 N–H and O–H groups in total. The minimum Gasteiger partial charge on any atom is -0.481 e. The lowest BCUT2D eigenvalue weighted by Crippen LogP contribution is -2.48. The number of carboxylic acids is 1. The van der Waals surface area contributed by atoms with Gasteiger partial charge in [-0.2, -0.15) is 0 Å². The van der Waals surface area contributed by atoms with E-state index in [1.165, 1.54) is 6.08 Å². The number of carbonyl (C=O) groups is 2. The molecular weight excluding hydrogens is 234 g/mol. The van der Waals surface area contributed by atoms with Crippen LogP contribution in [0.25, 0.3) is 0 Å². The number of hydrogen-bond acceptors (Lipinski definition) is 3. The number of hydrogen-bond donors (Lipinski definition) is 1. The molecule has 0 unspecified atom stereocenters. The van der Waals surface area contributed by atoms with Crippen molar-refractivity contribution in [1.82, 2.24) is 4.90 Å². The first kappa shape index (κ1) is 12.9. The maximum absolute atomic E-state index is 11.9. The Labute approximate surface area is 106 Å². The molecule has 0 spiro atoms. The fraction of sp³-hybridized carbons (Fsp3) is 0.692. The Hall–Kier alpha value is -1.52. The molecule has 2 aliphatic rings. The van der Waals surface area contributed by atoms with Gasteiger partial charge in [0, 0.05) is 6.54 Å². The Morgan fingerprint density at radius 1 is 1.44 bits per heavy atom. The van der Waals surface area contributed by atoms with E-state index in [1.807, 2.05) is 0 Å². The number of carboxylic acid groups (broad SMARTS) is 1. The zero-order chi connectivity index (χ0) is 13.2. The summed E-state index contributed by atoms with van der Waals surface area (Å²) in [5, 5.41) is 9.48. The number of carbonyl (C=O) groups excluding carboxylic acids is 1. The summed E-state index contributed by atoms with van der Waals surface area (Å²) < 4.78 is 5.02. The monoisotopic (exact) mass is 253 g/mol. The maximum atomic E-state index is 11.9. The number of likely N-dealkylation sites (tertiary alicyclic amines) is 1. The van der Waals surface area contributed by atoms with Crippen LogP contribution in [0.4, 0.5) is 4.79 Å². The number of ether oxygens (including phenoxy) is 1. The van der Waals surface area contributed by atoms with E-state index in [4.69, 9.17) is 4.74 Å². The van der Waals surface area contributed by atoms with Crippen molar-refractivity contribution in [2.45, 2.75) is 38.1 Å². The average molecular weight is 253 g/mol. The van der Waals surface area contributed by atoms with Gasteiger partial charge in [0.1, 0.15) is 6.61 Å². The molecule has 2 atom stereocenters. The molecule has 100 valence electrons. The van der Waals surface area contributed by atoms with Crippen molar-refractivity contribution in [3.05, 3.63) is 12.7 Å². The lowest BCUT2D eigenvalue weighted by molar-refractivity contribution is -0.152. The van der Waals surface area contributed by atoms with Crippen LogP contribution in [0.15, 0.2) is 12.7 Å². The largest absolute Gasteiger partial charge is 0.481 e. The zero-order valence-electron chi connectivity index (χ0n) is 10.4. The van der Waals surface area contributed by atoms with Gasteiger partial charge in [0.05, 0.1) is 11.5 Å². The van der Waals surface area contributed by atoms with Gasteiger partial charge in [-0.15, -0.1) is 0 Å². The molecule has 5 nitrogen and oxygen atoms in total. The summed E-state index contributed by atoms with van der Waals surface area (Å²) in [7, 11) is 0. The molecule has 0 aromatic carbocycles. The molecule has 0 aromatic rings. The minimum atomic E-state index is -0.772. The van der Waals surface area contributed by atoms with E-state index in [9.17, 15) is 14.7 Å². The number of nitrogens with zero attached hydrogens (tertiary/aromatic N) is 1. The molecule has 5 heteroatoms. The predicted molar refractivity (Wildman–Crippen MR) is 65.2 cm³/mol.